The fraction of sp³-hybridized carbons (Fsp3) is 0.500. The molecule has 0 spiro atoms. The van der Waals surface area contributed by atoms with Gasteiger partial charge < -0.3 is 14.7 Å². The summed E-state index contributed by atoms with van der Waals surface area (Å²) >= 11 is 0. The number of hydrogen-bond donors (Lipinski definition) is 2. The van der Waals surface area contributed by atoms with E-state index in [4.69, 9.17) is 4.84 Å². The molecule has 0 fully saturated rings. The number of imidazole rings is 1. The van der Waals surface area contributed by atoms with Crippen LogP contribution in [0, 0.1) is 27.7 Å². The first-order valence-corrected chi connectivity index (χ1v) is 9.09. The minimum atomic E-state index is -0.117. The van der Waals surface area contributed by atoms with Gasteiger partial charge in [-0.05, 0) is 69.6 Å². The Morgan fingerprint density at radius 3 is 2.42 bits per heavy atom. The van der Waals surface area contributed by atoms with E-state index in [1.54, 1.807) is 0 Å². The van der Waals surface area contributed by atoms with Crippen LogP contribution in [0.15, 0.2) is 23.6 Å². The van der Waals surface area contributed by atoms with E-state index in [2.05, 4.69) is 52.2 Å². The van der Waals surface area contributed by atoms with E-state index in [1.807, 2.05) is 33.4 Å². The van der Waals surface area contributed by atoms with Gasteiger partial charge in [0.1, 0.15) is 11.9 Å². The summed E-state index contributed by atoms with van der Waals surface area (Å²) in [4.78, 5) is 9.87. The smallest absolute Gasteiger partial charge is 0.199 e. The molecule has 0 amide bonds. The van der Waals surface area contributed by atoms with Crippen LogP contribution in [-0.4, -0.2) is 41.6 Å². The molecule has 2 unspecified atom stereocenters. The zero-order valence-electron chi connectivity index (χ0n) is 16.6. The number of aromatic nitrogens is 2. The first kappa shape index (κ1) is 18.6. The van der Waals surface area contributed by atoms with Crippen molar-refractivity contribution in [2.24, 2.45) is 5.16 Å². The molecule has 1 aliphatic rings. The Hall–Kier alpha value is -2.18. The number of oxime groups is 1. The van der Waals surface area contributed by atoms with Gasteiger partial charge in [-0.15, -0.1) is 0 Å². The molecule has 1 aromatic carbocycles. The predicted molar refractivity (Wildman–Crippen MR) is 105 cm³/mol. The average molecular weight is 355 g/mol. The molecule has 3 rings (SSSR count). The zero-order valence-corrected chi connectivity index (χ0v) is 16.6. The van der Waals surface area contributed by atoms with Crippen LogP contribution < -0.4 is 10.6 Å². The van der Waals surface area contributed by atoms with E-state index in [9.17, 15) is 0 Å². The summed E-state index contributed by atoms with van der Waals surface area (Å²) in [6, 6.07) is 2.36. The van der Waals surface area contributed by atoms with E-state index in [1.165, 1.54) is 27.8 Å². The van der Waals surface area contributed by atoms with Crippen molar-refractivity contribution in [3.63, 3.8) is 0 Å². The normalized spacial score (nSPS) is 19.5. The Morgan fingerprint density at radius 1 is 1.08 bits per heavy atom. The summed E-state index contributed by atoms with van der Waals surface area (Å²) in [5, 5.41) is 10.8. The summed E-state index contributed by atoms with van der Waals surface area (Å²) in [6.07, 6.45) is 4.57. The summed E-state index contributed by atoms with van der Waals surface area (Å²) in [7, 11) is 3.84. The number of nitrogens with zero attached hydrogens (tertiary/aromatic N) is 3. The van der Waals surface area contributed by atoms with Gasteiger partial charge in [0.25, 0.3) is 0 Å². The van der Waals surface area contributed by atoms with Gasteiger partial charge >= 0.3 is 0 Å². The van der Waals surface area contributed by atoms with Crippen molar-refractivity contribution >= 4 is 5.71 Å². The molecule has 140 valence electrons. The van der Waals surface area contributed by atoms with Crippen LogP contribution in [0.2, 0.25) is 0 Å². The van der Waals surface area contributed by atoms with Crippen molar-refractivity contribution in [1.82, 2.24) is 20.2 Å². The highest BCUT2D eigenvalue weighted by Crippen LogP contribution is 2.26. The second-order valence-electron chi connectivity index (χ2n) is 7.04. The van der Waals surface area contributed by atoms with E-state index in [-0.39, 0.29) is 12.3 Å². The van der Waals surface area contributed by atoms with Crippen LogP contribution >= 0.6 is 0 Å². The van der Waals surface area contributed by atoms with Gasteiger partial charge in [-0.3, -0.25) is 5.32 Å². The Kier molecular flexibility index (Phi) is 5.44. The lowest BCUT2D eigenvalue weighted by molar-refractivity contribution is 0.0527. The van der Waals surface area contributed by atoms with Crippen molar-refractivity contribution in [3.8, 4) is 0 Å². The van der Waals surface area contributed by atoms with Gasteiger partial charge in [-0.2, -0.15) is 0 Å². The minimum absolute atomic E-state index is 0.0828. The molecule has 1 aromatic heterocycles. The molecule has 6 heteroatoms. The third-order valence-electron chi connectivity index (χ3n) is 5.44. The highest BCUT2D eigenvalue weighted by molar-refractivity contribution is 5.93. The number of rotatable bonds is 6. The maximum atomic E-state index is 5.53. The fourth-order valence-electron chi connectivity index (χ4n) is 3.81. The van der Waals surface area contributed by atoms with E-state index in [0.717, 1.165) is 24.5 Å². The summed E-state index contributed by atoms with van der Waals surface area (Å²) < 4.78 is 2.19. The number of benzene rings is 1. The molecule has 2 atom stereocenters. The molecule has 0 saturated carbocycles. The van der Waals surface area contributed by atoms with Crippen molar-refractivity contribution in [2.75, 3.05) is 14.1 Å². The molecule has 0 radical (unpaired) electrons. The van der Waals surface area contributed by atoms with Crippen LogP contribution in [0.25, 0.3) is 0 Å². The maximum Gasteiger partial charge on any atom is 0.199 e. The van der Waals surface area contributed by atoms with Gasteiger partial charge in [0.05, 0.1) is 5.71 Å². The summed E-state index contributed by atoms with van der Waals surface area (Å²) in [5.41, 5.74) is 7.68. The van der Waals surface area contributed by atoms with Crippen molar-refractivity contribution in [3.05, 3.63) is 52.1 Å². The van der Waals surface area contributed by atoms with Crippen LogP contribution in [0.1, 0.15) is 33.6 Å². The van der Waals surface area contributed by atoms with E-state index >= 15 is 0 Å². The third-order valence-corrected chi connectivity index (χ3v) is 5.44. The number of aryl methyl sites for hydroxylation is 3. The SMILES string of the molecule is CNC1ON=C(Cc2c(C)cc(C)c(Cn3ccnc3C)c2C)C1NC. The Balaban J connectivity index is 1.93. The van der Waals surface area contributed by atoms with Crippen LogP contribution in [0.4, 0.5) is 0 Å². The van der Waals surface area contributed by atoms with Gasteiger partial charge in [0, 0.05) is 25.4 Å². The lowest BCUT2D eigenvalue weighted by Crippen LogP contribution is -2.47. The maximum absolute atomic E-state index is 5.53. The first-order chi connectivity index (χ1) is 12.5. The van der Waals surface area contributed by atoms with Gasteiger partial charge in [0.15, 0.2) is 6.23 Å². The summed E-state index contributed by atoms with van der Waals surface area (Å²) in [5.74, 6) is 1.03. The molecule has 0 bridgehead atoms. The second-order valence-corrected chi connectivity index (χ2v) is 7.04. The molecule has 1 aliphatic heterocycles. The van der Waals surface area contributed by atoms with Crippen LogP contribution in [0.5, 0.6) is 0 Å². The fourth-order valence-corrected chi connectivity index (χ4v) is 3.81. The summed E-state index contributed by atoms with van der Waals surface area (Å²) in [6.45, 7) is 9.47. The quantitative estimate of drug-likeness (QED) is 0.834. The highest BCUT2D eigenvalue weighted by atomic mass is 16.7. The van der Waals surface area contributed by atoms with Gasteiger partial charge in [0.2, 0.25) is 0 Å². The van der Waals surface area contributed by atoms with E-state index in [0.29, 0.717) is 0 Å². The van der Waals surface area contributed by atoms with Crippen molar-refractivity contribution < 1.29 is 4.84 Å². The largest absolute Gasteiger partial charge is 0.375 e. The monoisotopic (exact) mass is 355 g/mol. The topological polar surface area (TPSA) is 63.5 Å². The molecule has 6 nitrogen and oxygen atoms in total. The zero-order chi connectivity index (χ0) is 18.8. The molecular formula is C20H29N5O. The molecule has 2 aromatic rings. The average Bonchev–Trinajstić information content (AvgIpc) is 3.20. The van der Waals surface area contributed by atoms with Crippen molar-refractivity contribution in [1.29, 1.82) is 0 Å². The molecule has 26 heavy (non-hydrogen) atoms. The highest BCUT2D eigenvalue weighted by Gasteiger charge is 2.32. The molecular weight excluding hydrogens is 326 g/mol. The standard InChI is InChI=1S/C20H29N5O/c1-12-9-13(2)17(11-25-8-7-23-15(25)4)14(3)16(12)10-18-19(21-5)20(22-6)26-24-18/h7-9,19-22H,10-11H2,1-6H3. The van der Waals surface area contributed by atoms with Gasteiger partial charge in [-0.1, -0.05) is 11.2 Å². The number of nitrogens with one attached hydrogen (secondary N) is 2. The van der Waals surface area contributed by atoms with Crippen molar-refractivity contribution in [2.45, 2.75) is 52.9 Å². The van der Waals surface area contributed by atoms with Gasteiger partial charge in [-0.25, -0.2) is 4.98 Å². The Morgan fingerprint density at radius 2 is 1.81 bits per heavy atom. The lowest BCUT2D eigenvalue weighted by atomic mass is 9.89. The van der Waals surface area contributed by atoms with E-state index < -0.39 is 0 Å². The molecule has 2 heterocycles. The second kappa shape index (κ2) is 7.60. The molecule has 2 N–H and O–H groups in total. The molecule has 0 aliphatic carbocycles. The first-order valence-electron chi connectivity index (χ1n) is 9.09. The Bertz CT molecular complexity index is 824. The third kappa shape index (κ3) is 3.39. The number of likely N-dealkylation sites (N-methyl/N-ethyl adjacent to an activating group) is 2. The minimum Gasteiger partial charge on any atom is -0.375 e. The van der Waals surface area contributed by atoms with Crippen LogP contribution in [0.3, 0.4) is 0 Å². The predicted octanol–water partition coefficient (Wildman–Crippen LogP) is 2.23. The molecule has 0 saturated heterocycles. The Labute approximate surface area is 155 Å². The number of hydrogen-bond acceptors (Lipinski definition) is 5. The van der Waals surface area contributed by atoms with Crippen LogP contribution in [-0.2, 0) is 17.8 Å². The lowest BCUT2D eigenvalue weighted by Gasteiger charge is -2.21.